The monoisotopic (exact) mass is 279 g/mol. The van der Waals surface area contributed by atoms with Crippen LogP contribution in [0.25, 0.3) is 0 Å². The molecule has 2 unspecified atom stereocenters. The van der Waals surface area contributed by atoms with E-state index in [1.807, 2.05) is 29.4 Å². The molecule has 5 nitrogen and oxygen atoms in total. The van der Waals surface area contributed by atoms with Crippen molar-refractivity contribution in [3.8, 4) is 0 Å². The molecule has 2 heterocycles. The first-order valence-corrected chi connectivity index (χ1v) is 7.37. The molecule has 112 valence electrons. The largest absolute Gasteiger partial charge is 0.392 e. The van der Waals surface area contributed by atoms with Crippen LogP contribution in [-0.4, -0.2) is 64.2 Å². The highest BCUT2D eigenvalue weighted by Gasteiger charge is 2.22. The molecule has 1 fully saturated rings. The highest BCUT2D eigenvalue weighted by molar-refractivity contribution is 5.76. The van der Waals surface area contributed by atoms with Crippen molar-refractivity contribution < 1.29 is 9.90 Å². The molecular formula is C15H25N3O2. The van der Waals surface area contributed by atoms with Gasteiger partial charge in [-0.3, -0.25) is 9.69 Å². The fraction of sp³-hybridized carbons (Fsp3) is 0.667. The van der Waals surface area contributed by atoms with Gasteiger partial charge in [0.05, 0.1) is 6.10 Å². The average Bonchev–Trinajstić information content (AvgIpc) is 2.92. The number of amides is 1. The first-order valence-electron chi connectivity index (χ1n) is 7.37. The third-order valence-corrected chi connectivity index (χ3v) is 3.85. The molecule has 1 aromatic heterocycles. The summed E-state index contributed by atoms with van der Waals surface area (Å²) in [6, 6.07) is 4.17. The molecule has 1 N–H and O–H groups in total. The molecular weight excluding hydrogens is 254 g/mol. The van der Waals surface area contributed by atoms with Gasteiger partial charge in [0.1, 0.15) is 0 Å². The van der Waals surface area contributed by atoms with Crippen molar-refractivity contribution >= 4 is 5.91 Å². The number of β-amino-alcohol motifs (C(OH)–C–C–N with tert-alkyl or cyclic N) is 1. The van der Waals surface area contributed by atoms with Gasteiger partial charge in [0, 0.05) is 57.6 Å². The Morgan fingerprint density at radius 1 is 1.15 bits per heavy atom. The van der Waals surface area contributed by atoms with Crippen molar-refractivity contribution in [1.29, 1.82) is 0 Å². The van der Waals surface area contributed by atoms with Crippen LogP contribution < -0.4 is 0 Å². The second-order valence-electron chi connectivity index (χ2n) is 5.71. The predicted octanol–water partition coefficient (Wildman–Crippen LogP) is 0.964. The van der Waals surface area contributed by atoms with Crippen LogP contribution in [0.15, 0.2) is 24.5 Å². The summed E-state index contributed by atoms with van der Waals surface area (Å²) in [5.41, 5.74) is 0. The summed E-state index contributed by atoms with van der Waals surface area (Å²) < 4.78 is 2.07. The molecule has 0 radical (unpaired) electrons. The topological polar surface area (TPSA) is 48.7 Å². The van der Waals surface area contributed by atoms with Gasteiger partial charge >= 0.3 is 0 Å². The first-order chi connectivity index (χ1) is 9.56. The number of carbonyl (C=O) groups excluding carboxylic acids is 1. The van der Waals surface area contributed by atoms with Crippen LogP contribution in [0.5, 0.6) is 0 Å². The number of hydrogen-bond acceptors (Lipinski definition) is 3. The maximum atomic E-state index is 12.3. The predicted molar refractivity (Wildman–Crippen MR) is 78.5 cm³/mol. The van der Waals surface area contributed by atoms with Gasteiger partial charge in [0.15, 0.2) is 0 Å². The molecule has 1 aliphatic heterocycles. The third kappa shape index (κ3) is 4.08. The van der Waals surface area contributed by atoms with Gasteiger partial charge in [-0.2, -0.15) is 0 Å². The average molecular weight is 279 g/mol. The Hall–Kier alpha value is -1.33. The zero-order valence-electron chi connectivity index (χ0n) is 12.4. The lowest BCUT2D eigenvalue weighted by atomic mass is 10.2. The van der Waals surface area contributed by atoms with E-state index in [1.165, 1.54) is 0 Å². The molecule has 20 heavy (non-hydrogen) atoms. The summed E-state index contributed by atoms with van der Waals surface area (Å²) in [5, 5.41) is 9.38. The van der Waals surface area contributed by atoms with E-state index < -0.39 is 0 Å². The second-order valence-corrected chi connectivity index (χ2v) is 5.71. The van der Waals surface area contributed by atoms with E-state index in [0.29, 0.717) is 13.0 Å². The number of hydrogen-bond donors (Lipinski definition) is 1. The van der Waals surface area contributed by atoms with E-state index in [1.54, 1.807) is 6.92 Å². The van der Waals surface area contributed by atoms with E-state index in [9.17, 15) is 9.90 Å². The number of nitrogens with zero attached hydrogens (tertiary/aromatic N) is 3. The Bertz CT molecular complexity index is 409. The maximum absolute atomic E-state index is 12.3. The molecule has 1 aliphatic rings. The normalized spacial score (nSPS) is 19.9. The Balaban J connectivity index is 1.77. The van der Waals surface area contributed by atoms with Gasteiger partial charge in [-0.25, -0.2) is 0 Å². The van der Waals surface area contributed by atoms with Crippen LogP contribution in [-0.2, 0) is 4.79 Å². The molecule has 2 rings (SSSR count). The molecule has 1 saturated heterocycles. The molecule has 0 saturated carbocycles. The van der Waals surface area contributed by atoms with Crippen LogP contribution in [0.1, 0.15) is 26.3 Å². The lowest BCUT2D eigenvalue weighted by Crippen LogP contribution is -2.50. The van der Waals surface area contributed by atoms with Gasteiger partial charge in [-0.05, 0) is 26.0 Å². The van der Waals surface area contributed by atoms with Crippen molar-refractivity contribution in [2.45, 2.75) is 32.4 Å². The number of aromatic nitrogens is 1. The van der Waals surface area contributed by atoms with E-state index in [-0.39, 0.29) is 18.1 Å². The highest BCUT2D eigenvalue weighted by Crippen LogP contribution is 2.14. The number of aliphatic hydroxyl groups is 1. The SMILES string of the molecule is CC(O)CN1CCN(C(=O)CC(C)n2cccc2)CC1. The standard InChI is InChI=1S/C15H25N3O2/c1-13(17-5-3-4-6-17)11-15(20)18-9-7-16(8-10-18)12-14(2)19/h3-6,13-14,19H,7-12H2,1-2H3. The van der Waals surface area contributed by atoms with E-state index in [4.69, 9.17) is 0 Å². The quantitative estimate of drug-likeness (QED) is 0.873. The maximum Gasteiger partial charge on any atom is 0.224 e. The van der Waals surface area contributed by atoms with Crippen LogP contribution in [0.2, 0.25) is 0 Å². The Morgan fingerprint density at radius 2 is 1.75 bits per heavy atom. The molecule has 2 atom stereocenters. The summed E-state index contributed by atoms with van der Waals surface area (Å²) in [6.45, 7) is 7.82. The minimum atomic E-state index is -0.300. The molecule has 0 spiro atoms. The van der Waals surface area contributed by atoms with Crippen molar-refractivity contribution in [2.24, 2.45) is 0 Å². The molecule has 1 aromatic rings. The third-order valence-electron chi connectivity index (χ3n) is 3.85. The smallest absolute Gasteiger partial charge is 0.224 e. The summed E-state index contributed by atoms with van der Waals surface area (Å²) in [6.07, 6.45) is 4.24. The molecule has 0 bridgehead atoms. The van der Waals surface area contributed by atoms with Gasteiger partial charge in [0.2, 0.25) is 5.91 Å². The van der Waals surface area contributed by atoms with Crippen molar-refractivity contribution in [2.75, 3.05) is 32.7 Å². The Kier molecular flexibility index (Phi) is 5.20. The van der Waals surface area contributed by atoms with E-state index >= 15 is 0 Å². The summed E-state index contributed by atoms with van der Waals surface area (Å²) in [7, 11) is 0. The Labute approximate surface area is 120 Å². The van der Waals surface area contributed by atoms with Crippen LogP contribution >= 0.6 is 0 Å². The van der Waals surface area contributed by atoms with Crippen LogP contribution in [0.4, 0.5) is 0 Å². The second kappa shape index (κ2) is 6.90. The van der Waals surface area contributed by atoms with Crippen molar-refractivity contribution in [3.63, 3.8) is 0 Å². The summed E-state index contributed by atoms with van der Waals surface area (Å²) >= 11 is 0. The number of aliphatic hydroxyl groups excluding tert-OH is 1. The van der Waals surface area contributed by atoms with Gasteiger partial charge in [-0.15, -0.1) is 0 Å². The molecule has 1 amide bonds. The zero-order valence-corrected chi connectivity index (χ0v) is 12.4. The highest BCUT2D eigenvalue weighted by atomic mass is 16.3. The van der Waals surface area contributed by atoms with E-state index in [2.05, 4.69) is 16.4 Å². The van der Waals surface area contributed by atoms with Crippen LogP contribution in [0, 0.1) is 0 Å². The minimum Gasteiger partial charge on any atom is -0.392 e. The fourth-order valence-electron chi connectivity index (χ4n) is 2.68. The van der Waals surface area contributed by atoms with Gasteiger partial charge in [0.25, 0.3) is 0 Å². The lowest BCUT2D eigenvalue weighted by molar-refractivity contribution is -0.133. The zero-order chi connectivity index (χ0) is 14.5. The van der Waals surface area contributed by atoms with Crippen molar-refractivity contribution in [1.82, 2.24) is 14.4 Å². The number of rotatable bonds is 5. The molecule has 0 aromatic carbocycles. The molecule has 5 heteroatoms. The van der Waals surface area contributed by atoms with Gasteiger partial charge in [-0.1, -0.05) is 0 Å². The summed E-state index contributed by atoms with van der Waals surface area (Å²) in [4.78, 5) is 16.4. The first kappa shape index (κ1) is 15.1. The number of piperazine rings is 1. The lowest BCUT2D eigenvalue weighted by Gasteiger charge is -2.35. The Morgan fingerprint density at radius 3 is 2.30 bits per heavy atom. The van der Waals surface area contributed by atoms with Gasteiger partial charge < -0.3 is 14.6 Å². The number of carbonyl (C=O) groups is 1. The fourth-order valence-corrected chi connectivity index (χ4v) is 2.68. The molecule has 0 aliphatic carbocycles. The summed E-state index contributed by atoms with van der Waals surface area (Å²) in [5.74, 6) is 0.225. The van der Waals surface area contributed by atoms with Crippen molar-refractivity contribution in [3.05, 3.63) is 24.5 Å². The van der Waals surface area contributed by atoms with Crippen LogP contribution in [0.3, 0.4) is 0 Å². The van der Waals surface area contributed by atoms with E-state index in [0.717, 1.165) is 26.2 Å². The minimum absolute atomic E-state index is 0.202.